The van der Waals surface area contributed by atoms with Gasteiger partial charge < -0.3 is 18.8 Å². The van der Waals surface area contributed by atoms with Gasteiger partial charge in [0.2, 0.25) is 0 Å². The summed E-state index contributed by atoms with van der Waals surface area (Å²) in [6.07, 6.45) is 1.91. The summed E-state index contributed by atoms with van der Waals surface area (Å²) >= 11 is 0. The van der Waals surface area contributed by atoms with Gasteiger partial charge in [-0.15, -0.1) is 0 Å². The van der Waals surface area contributed by atoms with Crippen LogP contribution in [0.1, 0.15) is 10.4 Å². The fraction of sp³-hybridized carbons (Fsp3) is 0.167. The molecule has 2 aromatic carbocycles. The van der Waals surface area contributed by atoms with E-state index >= 15 is 0 Å². The molecule has 5 nitrogen and oxygen atoms in total. The van der Waals surface area contributed by atoms with Gasteiger partial charge >= 0.3 is 5.97 Å². The molecule has 118 valence electrons. The number of hydrogen-bond acceptors (Lipinski definition) is 4. The number of esters is 1. The van der Waals surface area contributed by atoms with Crippen LogP contribution in [0.2, 0.25) is 0 Å². The number of carbonyl (C=O) groups is 1. The van der Waals surface area contributed by atoms with Crippen molar-refractivity contribution in [2.45, 2.75) is 0 Å². The number of carbonyl (C=O) groups excluding carboxylic acids is 1. The Kier molecular flexibility index (Phi) is 3.93. The van der Waals surface area contributed by atoms with E-state index in [1.165, 1.54) is 7.11 Å². The molecule has 0 aliphatic carbocycles. The maximum atomic E-state index is 11.9. The van der Waals surface area contributed by atoms with E-state index < -0.39 is 0 Å². The van der Waals surface area contributed by atoms with Gasteiger partial charge in [0.1, 0.15) is 11.5 Å². The molecule has 0 spiro atoms. The number of fused-ring (bicyclic) bond motifs is 1. The lowest BCUT2D eigenvalue weighted by Crippen LogP contribution is -2.01. The molecule has 0 fully saturated rings. The summed E-state index contributed by atoms with van der Waals surface area (Å²) in [5, 5.41) is 0.834. The molecule has 0 radical (unpaired) electrons. The van der Waals surface area contributed by atoms with Gasteiger partial charge in [0.15, 0.2) is 0 Å². The van der Waals surface area contributed by atoms with Gasteiger partial charge in [-0.2, -0.15) is 0 Å². The largest absolute Gasteiger partial charge is 0.497 e. The Bertz CT molecular complexity index is 844. The SMILES string of the molecule is COC(=O)c1cccc2c1ccn2-c1cc(OC)cc(OC)c1. The summed E-state index contributed by atoms with van der Waals surface area (Å²) in [7, 11) is 4.61. The summed E-state index contributed by atoms with van der Waals surface area (Å²) in [5.41, 5.74) is 2.33. The zero-order valence-electron chi connectivity index (χ0n) is 13.2. The molecule has 0 atom stereocenters. The van der Waals surface area contributed by atoms with Gasteiger partial charge in [-0.1, -0.05) is 6.07 Å². The van der Waals surface area contributed by atoms with Crippen molar-refractivity contribution in [1.29, 1.82) is 0 Å². The molecule has 3 aromatic rings. The second-order valence-corrected chi connectivity index (χ2v) is 4.99. The van der Waals surface area contributed by atoms with Crippen LogP contribution in [-0.4, -0.2) is 31.9 Å². The van der Waals surface area contributed by atoms with Crippen LogP contribution in [0.5, 0.6) is 11.5 Å². The van der Waals surface area contributed by atoms with Crippen molar-refractivity contribution in [2.24, 2.45) is 0 Å². The number of ether oxygens (including phenoxy) is 3. The number of nitrogens with zero attached hydrogens (tertiary/aromatic N) is 1. The number of rotatable bonds is 4. The Morgan fingerprint density at radius 1 is 0.957 bits per heavy atom. The minimum atomic E-state index is -0.350. The van der Waals surface area contributed by atoms with E-state index in [1.807, 2.05) is 47.2 Å². The molecule has 0 saturated carbocycles. The number of methoxy groups -OCH3 is 3. The van der Waals surface area contributed by atoms with Crippen LogP contribution < -0.4 is 9.47 Å². The molecular weight excluding hydrogens is 294 g/mol. The van der Waals surface area contributed by atoms with E-state index in [4.69, 9.17) is 14.2 Å². The Morgan fingerprint density at radius 2 is 1.65 bits per heavy atom. The predicted octanol–water partition coefficient (Wildman–Crippen LogP) is 3.43. The molecule has 5 heteroatoms. The molecule has 3 rings (SSSR count). The van der Waals surface area contributed by atoms with Crippen LogP contribution in [0.25, 0.3) is 16.6 Å². The first-order chi connectivity index (χ1) is 11.2. The molecule has 0 N–H and O–H groups in total. The van der Waals surface area contributed by atoms with E-state index in [0.29, 0.717) is 17.1 Å². The molecule has 0 bridgehead atoms. The number of benzene rings is 2. The summed E-state index contributed by atoms with van der Waals surface area (Å²) in [6.45, 7) is 0. The van der Waals surface area contributed by atoms with Crippen molar-refractivity contribution >= 4 is 16.9 Å². The maximum absolute atomic E-state index is 11.9. The molecule has 0 aliphatic rings. The fourth-order valence-corrected chi connectivity index (χ4v) is 2.61. The number of hydrogen-bond donors (Lipinski definition) is 0. The van der Waals surface area contributed by atoms with Crippen molar-refractivity contribution in [3.05, 3.63) is 54.2 Å². The first-order valence-corrected chi connectivity index (χ1v) is 7.09. The summed E-state index contributed by atoms with van der Waals surface area (Å²) in [6, 6.07) is 13.1. The Balaban J connectivity index is 2.20. The third-order valence-electron chi connectivity index (χ3n) is 3.75. The normalized spacial score (nSPS) is 10.6. The van der Waals surface area contributed by atoms with Gasteiger partial charge in [0.25, 0.3) is 0 Å². The van der Waals surface area contributed by atoms with Gasteiger partial charge in [-0.3, -0.25) is 0 Å². The molecule has 0 unspecified atom stereocenters. The second-order valence-electron chi connectivity index (χ2n) is 4.99. The second kappa shape index (κ2) is 6.04. The highest BCUT2D eigenvalue weighted by Gasteiger charge is 2.13. The van der Waals surface area contributed by atoms with Crippen LogP contribution in [-0.2, 0) is 4.74 Å². The van der Waals surface area contributed by atoms with E-state index in [2.05, 4.69) is 0 Å². The van der Waals surface area contributed by atoms with Crippen molar-refractivity contribution in [3.63, 3.8) is 0 Å². The minimum absolute atomic E-state index is 0.350. The molecule has 23 heavy (non-hydrogen) atoms. The summed E-state index contributed by atoms with van der Waals surface area (Å²) in [4.78, 5) is 11.9. The van der Waals surface area contributed by atoms with Crippen molar-refractivity contribution < 1.29 is 19.0 Å². The van der Waals surface area contributed by atoms with E-state index in [0.717, 1.165) is 16.6 Å². The monoisotopic (exact) mass is 311 g/mol. The van der Waals surface area contributed by atoms with E-state index in [1.54, 1.807) is 20.3 Å². The van der Waals surface area contributed by atoms with Crippen LogP contribution in [0.15, 0.2) is 48.7 Å². The van der Waals surface area contributed by atoms with Crippen molar-refractivity contribution in [3.8, 4) is 17.2 Å². The molecule has 0 saturated heterocycles. The predicted molar refractivity (Wildman–Crippen MR) is 87.7 cm³/mol. The van der Waals surface area contributed by atoms with Crippen LogP contribution in [0.4, 0.5) is 0 Å². The average molecular weight is 311 g/mol. The van der Waals surface area contributed by atoms with E-state index in [9.17, 15) is 4.79 Å². The highest BCUT2D eigenvalue weighted by molar-refractivity contribution is 6.04. The fourth-order valence-electron chi connectivity index (χ4n) is 2.61. The van der Waals surface area contributed by atoms with Crippen LogP contribution >= 0.6 is 0 Å². The van der Waals surface area contributed by atoms with Gasteiger partial charge in [0, 0.05) is 29.8 Å². The summed E-state index contributed by atoms with van der Waals surface area (Å²) in [5.74, 6) is 1.05. The average Bonchev–Trinajstić information content (AvgIpc) is 3.04. The third kappa shape index (κ3) is 2.61. The molecule has 1 heterocycles. The standard InChI is InChI=1S/C18H17NO4/c1-21-13-9-12(10-14(11-13)22-2)19-8-7-15-16(18(20)23-3)5-4-6-17(15)19/h4-11H,1-3H3. The third-order valence-corrected chi connectivity index (χ3v) is 3.75. The zero-order chi connectivity index (χ0) is 16.4. The quantitative estimate of drug-likeness (QED) is 0.693. The maximum Gasteiger partial charge on any atom is 0.338 e. The molecule has 0 aliphatic heterocycles. The lowest BCUT2D eigenvalue weighted by atomic mass is 10.1. The van der Waals surface area contributed by atoms with Gasteiger partial charge in [-0.25, -0.2) is 4.79 Å². The Morgan fingerprint density at radius 3 is 2.26 bits per heavy atom. The molecular formula is C18H17NO4. The van der Waals surface area contributed by atoms with Crippen LogP contribution in [0.3, 0.4) is 0 Å². The van der Waals surface area contributed by atoms with Crippen LogP contribution in [0, 0.1) is 0 Å². The van der Waals surface area contributed by atoms with E-state index in [-0.39, 0.29) is 5.97 Å². The van der Waals surface area contributed by atoms with Gasteiger partial charge in [0.05, 0.1) is 38.1 Å². The topological polar surface area (TPSA) is 49.7 Å². The Hall–Kier alpha value is -2.95. The van der Waals surface area contributed by atoms with Crippen molar-refractivity contribution in [2.75, 3.05) is 21.3 Å². The van der Waals surface area contributed by atoms with Gasteiger partial charge in [-0.05, 0) is 18.2 Å². The highest BCUT2D eigenvalue weighted by Crippen LogP contribution is 2.29. The first kappa shape index (κ1) is 15.0. The zero-order valence-corrected chi connectivity index (χ0v) is 13.2. The first-order valence-electron chi connectivity index (χ1n) is 7.09. The minimum Gasteiger partial charge on any atom is -0.497 e. The number of aromatic nitrogens is 1. The molecule has 1 aromatic heterocycles. The smallest absolute Gasteiger partial charge is 0.338 e. The summed E-state index contributed by atoms with van der Waals surface area (Å²) < 4.78 is 17.5. The van der Waals surface area contributed by atoms with Crippen molar-refractivity contribution in [1.82, 2.24) is 4.57 Å². The highest BCUT2D eigenvalue weighted by atomic mass is 16.5. The Labute approximate surface area is 134 Å². The lowest BCUT2D eigenvalue weighted by molar-refractivity contribution is 0.0603. The molecule has 0 amide bonds. The lowest BCUT2D eigenvalue weighted by Gasteiger charge is -2.11.